The predicted octanol–water partition coefficient (Wildman–Crippen LogP) is 4.97. The molecule has 0 bridgehead atoms. The van der Waals surface area contributed by atoms with Crippen LogP contribution in [0.1, 0.15) is 28.8 Å². The van der Waals surface area contributed by atoms with Crippen molar-refractivity contribution in [3.05, 3.63) is 77.7 Å². The van der Waals surface area contributed by atoms with Gasteiger partial charge in [0.1, 0.15) is 11.5 Å². The smallest absolute Gasteiger partial charge is 0.243 e. The van der Waals surface area contributed by atoms with Gasteiger partial charge in [0.25, 0.3) is 0 Å². The van der Waals surface area contributed by atoms with Gasteiger partial charge in [0.05, 0.1) is 28.9 Å². The van der Waals surface area contributed by atoms with E-state index in [-0.39, 0.29) is 35.3 Å². The van der Waals surface area contributed by atoms with E-state index in [1.54, 1.807) is 38.1 Å². The molecule has 34 heavy (non-hydrogen) atoms. The van der Waals surface area contributed by atoms with Gasteiger partial charge >= 0.3 is 0 Å². The lowest BCUT2D eigenvalue weighted by Crippen LogP contribution is -2.08. The average molecular weight is 457 g/mol. The minimum Gasteiger partial charge on any atom is -0.508 e. The van der Waals surface area contributed by atoms with Gasteiger partial charge in [0.2, 0.25) is 17.6 Å². The highest BCUT2D eigenvalue weighted by molar-refractivity contribution is 6.14. The Balaban J connectivity index is 1.88. The van der Waals surface area contributed by atoms with Crippen LogP contribution < -0.4 is 4.74 Å². The summed E-state index contributed by atoms with van der Waals surface area (Å²) in [6.07, 6.45) is 0. The zero-order valence-corrected chi connectivity index (χ0v) is 18.9. The van der Waals surface area contributed by atoms with Gasteiger partial charge in [-0.15, -0.1) is 0 Å². The van der Waals surface area contributed by atoms with Gasteiger partial charge in [-0.05, 0) is 67.9 Å². The number of aromatic nitrogens is 3. The lowest BCUT2D eigenvalue weighted by molar-refractivity contribution is 0.100. The van der Waals surface area contributed by atoms with Crippen molar-refractivity contribution in [3.8, 4) is 34.6 Å². The maximum atomic E-state index is 13.7. The summed E-state index contributed by atoms with van der Waals surface area (Å²) in [5.41, 5.74) is 2.69. The molecule has 8 nitrogen and oxygen atoms in total. The van der Waals surface area contributed by atoms with Crippen LogP contribution in [0.5, 0.6) is 17.4 Å². The van der Waals surface area contributed by atoms with Crippen LogP contribution in [-0.2, 0) is 7.05 Å². The Morgan fingerprint density at radius 3 is 2.44 bits per heavy atom. The summed E-state index contributed by atoms with van der Waals surface area (Å²) in [6.45, 7) is 3.76. The Kier molecular flexibility index (Phi) is 5.13. The number of phenolic OH excluding ortho intramolecular Hbond substituents is 1. The molecule has 2 N–H and O–H groups in total. The standard InChI is InChI=1S/C26H23N3O5/c1-4-33-24-21(23(31)20-14-9-15(2)34-20)22(16-10-12-17(30)13-11-16)29(25(24)32)26-27-18-7-5-6-8-19(18)28(26)3/h5-14,30,32H,4H2,1-3H3. The largest absolute Gasteiger partial charge is 0.508 e. The van der Waals surface area contributed by atoms with Gasteiger partial charge in [0, 0.05) is 7.05 Å². The van der Waals surface area contributed by atoms with Crippen LogP contribution >= 0.6 is 0 Å². The fourth-order valence-corrected chi connectivity index (χ4v) is 4.13. The number of rotatable bonds is 6. The Morgan fingerprint density at radius 2 is 1.79 bits per heavy atom. The second-order valence-corrected chi connectivity index (χ2v) is 7.89. The Hall–Kier alpha value is -4.46. The first-order valence-corrected chi connectivity index (χ1v) is 10.8. The third-order valence-corrected chi connectivity index (χ3v) is 5.69. The number of phenols is 1. The van der Waals surface area contributed by atoms with Crippen molar-refractivity contribution < 1.29 is 24.2 Å². The molecule has 0 spiro atoms. The molecule has 0 aliphatic rings. The van der Waals surface area contributed by atoms with E-state index in [4.69, 9.17) is 14.1 Å². The Labute approximate surface area is 195 Å². The molecule has 0 aliphatic heterocycles. The maximum Gasteiger partial charge on any atom is 0.243 e. The van der Waals surface area contributed by atoms with Crippen LogP contribution in [0.4, 0.5) is 0 Å². The van der Waals surface area contributed by atoms with Gasteiger partial charge in [-0.25, -0.2) is 9.55 Å². The molecule has 0 amide bonds. The fraction of sp³-hybridized carbons (Fsp3) is 0.154. The van der Waals surface area contributed by atoms with Gasteiger partial charge in [0.15, 0.2) is 11.5 Å². The van der Waals surface area contributed by atoms with Crippen LogP contribution in [0, 0.1) is 6.92 Å². The Morgan fingerprint density at radius 1 is 1.06 bits per heavy atom. The van der Waals surface area contributed by atoms with Crippen LogP contribution in [-0.4, -0.2) is 36.7 Å². The summed E-state index contributed by atoms with van der Waals surface area (Å²) in [6, 6.07) is 17.3. The molecule has 0 aliphatic carbocycles. The van der Waals surface area contributed by atoms with Crippen LogP contribution in [0.2, 0.25) is 0 Å². The number of imidazole rings is 1. The lowest BCUT2D eigenvalue weighted by atomic mass is 10.0. The van der Waals surface area contributed by atoms with Crippen molar-refractivity contribution in [2.24, 2.45) is 7.05 Å². The number of carbonyl (C=O) groups excluding carboxylic acids is 1. The summed E-state index contributed by atoms with van der Waals surface area (Å²) in [7, 11) is 1.84. The number of ether oxygens (including phenoxy) is 1. The first kappa shape index (κ1) is 21.4. The molecular formula is C26H23N3O5. The minimum absolute atomic E-state index is 0.0386. The molecule has 0 fully saturated rings. The first-order valence-electron chi connectivity index (χ1n) is 10.8. The second-order valence-electron chi connectivity index (χ2n) is 7.89. The minimum atomic E-state index is -0.438. The maximum absolute atomic E-state index is 13.7. The van der Waals surface area contributed by atoms with Crippen molar-refractivity contribution in [1.29, 1.82) is 0 Å². The lowest BCUT2D eigenvalue weighted by Gasteiger charge is -2.11. The van der Waals surface area contributed by atoms with E-state index in [2.05, 4.69) is 0 Å². The number of ketones is 1. The number of aryl methyl sites for hydroxylation is 2. The highest BCUT2D eigenvalue weighted by atomic mass is 16.5. The summed E-state index contributed by atoms with van der Waals surface area (Å²) in [5, 5.41) is 21.2. The van der Waals surface area contributed by atoms with Crippen molar-refractivity contribution in [2.45, 2.75) is 13.8 Å². The van der Waals surface area contributed by atoms with E-state index in [1.165, 1.54) is 16.7 Å². The number of nitrogens with zero attached hydrogens (tertiary/aromatic N) is 3. The highest BCUT2D eigenvalue weighted by Crippen LogP contribution is 2.45. The van der Waals surface area contributed by atoms with Gasteiger partial charge in [-0.1, -0.05) is 12.1 Å². The zero-order valence-electron chi connectivity index (χ0n) is 18.9. The van der Waals surface area contributed by atoms with Crippen molar-refractivity contribution in [3.63, 3.8) is 0 Å². The molecule has 0 unspecified atom stereocenters. The summed E-state index contributed by atoms with van der Waals surface area (Å²) in [4.78, 5) is 18.4. The summed E-state index contributed by atoms with van der Waals surface area (Å²) in [5.74, 6) is 0.539. The van der Waals surface area contributed by atoms with Gasteiger partial charge < -0.3 is 23.9 Å². The summed E-state index contributed by atoms with van der Waals surface area (Å²) < 4.78 is 14.7. The number of fused-ring (bicyclic) bond motifs is 1. The number of furan rings is 1. The summed E-state index contributed by atoms with van der Waals surface area (Å²) >= 11 is 0. The van der Waals surface area contributed by atoms with Gasteiger partial charge in [-0.3, -0.25) is 4.79 Å². The molecule has 3 aromatic heterocycles. The molecule has 0 saturated carbocycles. The fourth-order valence-electron chi connectivity index (χ4n) is 4.13. The van der Waals surface area contributed by atoms with E-state index in [0.717, 1.165) is 11.0 Å². The van der Waals surface area contributed by atoms with Crippen molar-refractivity contribution in [2.75, 3.05) is 6.61 Å². The highest BCUT2D eigenvalue weighted by Gasteiger charge is 2.33. The zero-order chi connectivity index (χ0) is 24.0. The molecule has 2 aromatic carbocycles. The molecule has 3 heterocycles. The van der Waals surface area contributed by atoms with Crippen molar-refractivity contribution in [1.82, 2.24) is 14.1 Å². The molecule has 5 rings (SSSR count). The number of benzene rings is 2. The van der Waals surface area contributed by atoms with Crippen LogP contribution in [0.25, 0.3) is 28.2 Å². The van der Waals surface area contributed by atoms with Crippen LogP contribution in [0.15, 0.2) is 65.1 Å². The molecule has 8 heteroatoms. The molecule has 172 valence electrons. The number of hydrogen-bond acceptors (Lipinski definition) is 6. The van der Waals surface area contributed by atoms with E-state index in [1.807, 2.05) is 35.9 Å². The number of hydrogen-bond donors (Lipinski definition) is 2. The molecule has 5 aromatic rings. The molecule has 0 saturated heterocycles. The monoisotopic (exact) mass is 457 g/mol. The molecule has 0 radical (unpaired) electrons. The quantitative estimate of drug-likeness (QED) is 0.349. The topological polar surface area (TPSA) is 103 Å². The van der Waals surface area contributed by atoms with Crippen molar-refractivity contribution >= 4 is 16.8 Å². The van der Waals surface area contributed by atoms with E-state index >= 15 is 0 Å². The van der Waals surface area contributed by atoms with E-state index < -0.39 is 5.78 Å². The third kappa shape index (κ3) is 3.31. The number of carbonyl (C=O) groups is 1. The molecule has 0 atom stereocenters. The normalized spacial score (nSPS) is 11.3. The van der Waals surface area contributed by atoms with Gasteiger partial charge in [-0.2, -0.15) is 0 Å². The van der Waals surface area contributed by atoms with Crippen LogP contribution in [0.3, 0.4) is 0 Å². The number of para-hydroxylation sites is 2. The van der Waals surface area contributed by atoms with E-state index in [9.17, 15) is 15.0 Å². The Bertz CT molecular complexity index is 1520. The van der Waals surface area contributed by atoms with E-state index in [0.29, 0.717) is 23.0 Å². The average Bonchev–Trinajstić information content (AvgIpc) is 3.49. The third-order valence-electron chi connectivity index (χ3n) is 5.69. The first-order chi connectivity index (χ1) is 16.4. The molecular weight excluding hydrogens is 434 g/mol. The second kappa shape index (κ2) is 8.15. The predicted molar refractivity (Wildman–Crippen MR) is 127 cm³/mol. The number of aromatic hydroxyl groups is 2. The SMILES string of the molecule is CCOc1c(C(=O)c2ccc(C)o2)c(-c2ccc(O)cc2)n(-c2nc3ccccc3n2C)c1O.